The molecule has 0 atom stereocenters. The standard InChI is InChI=1S/C7H10N2/c8-7(9)6-4-2-1-3-5-6/h1-2,4H,3,5H2,(H3,8,9). The maximum absolute atomic E-state index is 7.06. The lowest BCUT2D eigenvalue weighted by Gasteiger charge is -2.04. The van der Waals surface area contributed by atoms with Crippen molar-refractivity contribution in [2.45, 2.75) is 12.8 Å². The van der Waals surface area contributed by atoms with E-state index in [4.69, 9.17) is 11.1 Å². The Morgan fingerprint density at radius 2 is 2.44 bits per heavy atom. The van der Waals surface area contributed by atoms with Crippen LogP contribution in [-0.2, 0) is 0 Å². The summed E-state index contributed by atoms with van der Waals surface area (Å²) in [5.74, 6) is 0.208. The highest BCUT2D eigenvalue weighted by Crippen LogP contribution is 2.10. The van der Waals surface area contributed by atoms with Gasteiger partial charge in [0.2, 0.25) is 0 Å². The fourth-order valence-corrected chi connectivity index (χ4v) is 0.827. The largest absolute Gasteiger partial charge is 0.384 e. The Morgan fingerprint density at radius 3 is 2.78 bits per heavy atom. The number of allylic oxidation sites excluding steroid dienone is 3. The van der Waals surface area contributed by atoms with Gasteiger partial charge in [0.1, 0.15) is 5.84 Å². The Balaban J connectivity index is 2.68. The summed E-state index contributed by atoms with van der Waals surface area (Å²) in [6.45, 7) is 0. The lowest BCUT2D eigenvalue weighted by Crippen LogP contribution is -2.13. The second kappa shape index (κ2) is 2.49. The minimum absolute atomic E-state index is 0.208. The molecule has 0 aromatic rings. The van der Waals surface area contributed by atoms with Gasteiger partial charge >= 0.3 is 0 Å². The highest BCUT2D eigenvalue weighted by atomic mass is 14.7. The van der Waals surface area contributed by atoms with Crippen LogP contribution in [0.3, 0.4) is 0 Å². The van der Waals surface area contributed by atoms with Crippen LogP contribution >= 0.6 is 0 Å². The topological polar surface area (TPSA) is 49.9 Å². The maximum Gasteiger partial charge on any atom is 0.118 e. The van der Waals surface area contributed by atoms with E-state index in [1.54, 1.807) is 0 Å². The fraction of sp³-hybridized carbons (Fsp3) is 0.286. The van der Waals surface area contributed by atoms with Crippen molar-refractivity contribution in [2.24, 2.45) is 5.73 Å². The van der Waals surface area contributed by atoms with Crippen LogP contribution in [0.15, 0.2) is 23.8 Å². The Morgan fingerprint density at radius 1 is 1.67 bits per heavy atom. The minimum Gasteiger partial charge on any atom is -0.384 e. The third kappa shape index (κ3) is 1.42. The lowest BCUT2D eigenvalue weighted by molar-refractivity contribution is 0.997. The van der Waals surface area contributed by atoms with Crippen molar-refractivity contribution in [2.75, 3.05) is 0 Å². The molecule has 48 valence electrons. The Hall–Kier alpha value is -1.05. The molecule has 0 aromatic heterocycles. The number of nitrogens with one attached hydrogen (secondary N) is 1. The van der Waals surface area contributed by atoms with E-state index in [2.05, 4.69) is 6.08 Å². The van der Waals surface area contributed by atoms with E-state index in [9.17, 15) is 0 Å². The molecule has 0 aliphatic heterocycles. The highest BCUT2D eigenvalue weighted by Gasteiger charge is 2.00. The second-order valence-corrected chi connectivity index (χ2v) is 2.07. The average Bonchev–Trinajstić information content (AvgIpc) is 1.90. The molecule has 0 saturated carbocycles. The molecule has 1 aliphatic carbocycles. The molecule has 0 aromatic carbocycles. The molecule has 0 amide bonds. The first-order valence-electron chi connectivity index (χ1n) is 3.01. The van der Waals surface area contributed by atoms with Gasteiger partial charge in [-0.1, -0.05) is 18.2 Å². The predicted octanol–water partition coefficient (Wildman–Crippen LogP) is 1.20. The zero-order valence-corrected chi connectivity index (χ0v) is 5.22. The van der Waals surface area contributed by atoms with E-state index in [0.717, 1.165) is 18.4 Å². The molecule has 0 radical (unpaired) electrons. The first-order chi connectivity index (χ1) is 4.30. The van der Waals surface area contributed by atoms with Gasteiger partial charge in [-0.3, -0.25) is 5.41 Å². The second-order valence-electron chi connectivity index (χ2n) is 2.07. The molecule has 0 spiro atoms. The van der Waals surface area contributed by atoms with Crippen LogP contribution in [0.1, 0.15) is 12.8 Å². The molecule has 2 heteroatoms. The Kier molecular flexibility index (Phi) is 1.68. The summed E-state index contributed by atoms with van der Waals surface area (Å²) in [7, 11) is 0. The van der Waals surface area contributed by atoms with Crippen molar-refractivity contribution >= 4 is 5.84 Å². The van der Waals surface area contributed by atoms with Crippen LogP contribution in [0.25, 0.3) is 0 Å². The summed E-state index contributed by atoms with van der Waals surface area (Å²) in [4.78, 5) is 0. The van der Waals surface area contributed by atoms with Gasteiger partial charge in [0.05, 0.1) is 0 Å². The van der Waals surface area contributed by atoms with Crippen molar-refractivity contribution in [3.05, 3.63) is 23.8 Å². The number of rotatable bonds is 1. The number of amidine groups is 1. The van der Waals surface area contributed by atoms with Crippen molar-refractivity contribution in [3.63, 3.8) is 0 Å². The lowest BCUT2D eigenvalue weighted by atomic mass is 10.0. The number of hydrogen-bond donors (Lipinski definition) is 2. The molecular formula is C7H10N2. The van der Waals surface area contributed by atoms with Crippen LogP contribution in [0.2, 0.25) is 0 Å². The van der Waals surface area contributed by atoms with Crippen LogP contribution in [0.5, 0.6) is 0 Å². The summed E-state index contributed by atoms with van der Waals surface area (Å²) < 4.78 is 0. The van der Waals surface area contributed by atoms with Gasteiger partial charge in [0, 0.05) is 0 Å². The van der Waals surface area contributed by atoms with Gasteiger partial charge in [-0.05, 0) is 18.4 Å². The third-order valence-electron chi connectivity index (χ3n) is 1.36. The van der Waals surface area contributed by atoms with Gasteiger partial charge < -0.3 is 5.73 Å². The Labute approximate surface area is 54.6 Å². The zero-order valence-electron chi connectivity index (χ0n) is 5.22. The van der Waals surface area contributed by atoms with Gasteiger partial charge in [-0.2, -0.15) is 0 Å². The van der Waals surface area contributed by atoms with E-state index in [1.165, 1.54) is 0 Å². The SMILES string of the molecule is N=C(N)C1=CC=CCC1. The van der Waals surface area contributed by atoms with Gasteiger partial charge in [-0.15, -0.1) is 0 Å². The molecule has 9 heavy (non-hydrogen) atoms. The first-order valence-corrected chi connectivity index (χ1v) is 3.01. The highest BCUT2D eigenvalue weighted by molar-refractivity contribution is 5.94. The monoisotopic (exact) mass is 122 g/mol. The van der Waals surface area contributed by atoms with E-state index in [0.29, 0.717) is 0 Å². The summed E-state index contributed by atoms with van der Waals surface area (Å²) in [6.07, 6.45) is 7.86. The molecule has 0 saturated heterocycles. The van der Waals surface area contributed by atoms with E-state index < -0.39 is 0 Å². The predicted molar refractivity (Wildman–Crippen MR) is 38.4 cm³/mol. The minimum atomic E-state index is 0.208. The maximum atomic E-state index is 7.06. The molecular weight excluding hydrogens is 112 g/mol. The molecule has 0 fully saturated rings. The molecule has 0 heterocycles. The summed E-state index contributed by atoms with van der Waals surface area (Å²) in [5, 5.41) is 7.06. The van der Waals surface area contributed by atoms with Crippen LogP contribution < -0.4 is 5.73 Å². The van der Waals surface area contributed by atoms with Crippen molar-refractivity contribution in [1.82, 2.24) is 0 Å². The van der Waals surface area contributed by atoms with Crippen molar-refractivity contribution in [1.29, 1.82) is 5.41 Å². The average molecular weight is 122 g/mol. The molecule has 1 rings (SSSR count). The molecule has 0 bridgehead atoms. The molecule has 0 unspecified atom stereocenters. The van der Waals surface area contributed by atoms with Crippen molar-refractivity contribution in [3.8, 4) is 0 Å². The quantitative estimate of drug-likeness (QED) is 0.398. The van der Waals surface area contributed by atoms with E-state index >= 15 is 0 Å². The number of hydrogen-bond acceptors (Lipinski definition) is 1. The summed E-state index contributed by atoms with van der Waals surface area (Å²) >= 11 is 0. The van der Waals surface area contributed by atoms with Crippen LogP contribution in [-0.4, -0.2) is 5.84 Å². The van der Waals surface area contributed by atoms with Gasteiger partial charge in [0.25, 0.3) is 0 Å². The molecule has 2 nitrogen and oxygen atoms in total. The first kappa shape index (κ1) is 6.08. The smallest absolute Gasteiger partial charge is 0.118 e. The summed E-state index contributed by atoms with van der Waals surface area (Å²) in [5.41, 5.74) is 6.20. The normalized spacial score (nSPS) is 17.1. The molecule has 1 aliphatic rings. The van der Waals surface area contributed by atoms with E-state index in [1.807, 2.05) is 12.2 Å². The van der Waals surface area contributed by atoms with Crippen LogP contribution in [0, 0.1) is 5.41 Å². The van der Waals surface area contributed by atoms with Gasteiger partial charge in [0.15, 0.2) is 0 Å². The third-order valence-corrected chi connectivity index (χ3v) is 1.36. The zero-order chi connectivity index (χ0) is 6.69. The summed E-state index contributed by atoms with van der Waals surface area (Å²) in [6, 6.07) is 0. The molecule has 3 N–H and O–H groups in total. The Bertz CT molecular complexity index is 177. The van der Waals surface area contributed by atoms with Crippen molar-refractivity contribution < 1.29 is 0 Å². The van der Waals surface area contributed by atoms with Gasteiger partial charge in [-0.25, -0.2) is 0 Å². The van der Waals surface area contributed by atoms with Crippen LogP contribution in [0.4, 0.5) is 0 Å². The van der Waals surface area contributed by atoms with E-state index in [-0.39, 0.29) is 5.84 Å². The fourth-order valence-electron chi connectivity index (χ4n) is 0.827. The number of nitrogens with two attached hydrogens (primary N) is 1.